The van der Waals surface area contributed by atoms with Crippen LogP contribution in [0.25, 0.3) is 11.0 Å². The van der Waals surface area contributed by atoms with Gasteiger partial charge in [-0.05, 0) is 18.6 Å². The van der Waals surface area contributed by atoms with Crippen LogP contribution in [-0.4, -0.2) is 25.0 Å². The summed E-state index contributed by atoms with van der Waals surface area (Å²) in [5.41, 5.74) is -0.0355. The molecule has 1 aromatic carbocycles. The molecule has 0 unspecified atom stereocenters. The molecule has 0 saturated carbocycles. The van der Waals surface area contributed by atoms with Crippen LogP contribution in [0.1, 0.15) is 23.9 Å². The van der Waals surface area contributed by atoms with Crippen molar-refractivity contribution >= 4 is 22.8 Å². The zero-order valence-corrected chi connectivity index (χ0v) is 11.5. The fourth-order valence-electron chi connectivity index (χ4n) is 1.72. The number of amides is 1. The third-order valence-electron chi connectivity index (χ3n) is 2.74. The number of fused-ring (bicyclic) bond motifs is 1. The molecule has 110 valence electrons. The van der Waals surface area contributed by atoms with E-state index >= 15 is 0 Å². The lowest BCUT2D eigenvalue weighted by atomic mass is 10.2. The summed E-state index contributed by atoms with van der Waals surface area (Å²) >= 11 is 0. The van der Waals surface area contributed by atoms with E-state index in [4.69, 9.17) is 9.15 Å². The summed E-state index contributed by atoms with van der Waals surface area (Å²) in [4.78, 5) is 35.0. The minimum Gasteiger partial charge on any atom is -0.450 e. The Balaban J connectivity index is 2.09. The highest BCUT2D eigenvalue weighted by atomic mass is 16.5. The molecule has 2 rings (SSSR count). The zero-order valence-electron chi connectivity index (χ0n) is 11.5. The fourth-order valence-corrected chi connectivity index (χ4v) is 1.72. The lowest BCUT2D eigenvalue weighted by Crippen LogP contribution is -2.29. The number of hydrogen-bond acceptors (Lipinski definition) is 5. The van der Waals surface area contributed by atoms with Crippen LogP contribution in [0.15, 0.2) is 39.5 Å². The molecule has 0 aliphatic heterocycles. The van der Waals surface area contributed by atoms with Gasteiger partial charge >= 0.3 is 5.97 Å². The highest BCUT2D eigenvalue weighted by molar-refractivity contribution is 5.90. The monoisotopic (exact) mass is 289 g/mol. The Hall–Kier alpha value is -2.63. The van der Waals surface area contributed by atoms with E-state index < -0.39 is 18.5 Å². The lowest BCUT2D eigenvalue weighted by molar-refractivity contribution is -0.124. The highest BCUT2D eigenvalue weighted by Gasteiger charge is 2.15. The molecule has 1 aromatic heterocycles. The molecule has 6 nitrogen and oxygen atoms in total. The van der Waals surface area contributed by atoms with E-state index in [-0.39, 0.29) is 11.2 Å². The van der Waals surface area contributed by atoms with Gasteiger partial charge in [0.2, 0.25) is 5.76 Å². The molecule has 2 aromatic rings. The van der Waals surface area contributed by atoms with Gasteiger partial charge < -0.3 is 14.5 Å². The first-order chi connectivity index (χ1) is 10.1. The van der Waals surface area contributed by atoms with E-state index in [2.05, 4.69) is 5.32 Å². The van der Waals surface area contributed by atoms with Crippen molar-refractivity contribution in [3.05, 3.63) is 46.3 Å². The van der Waals surface area contributed by atoms with Crippen molar-refractivity contribution in [2.75, 3.05) is 13.2 Å². The van der Waals surface area contributed by atoms with Gasteiger partial charge in [-0.3, -0.25) is 9.59 Å². The van der Waals surface area contributed by atoms with Gasteiger partial charge in [-0.1, -0.05) is 19.1 Å². The Morgan fingerprint density at radius 2 is 2.05 bits per heavy atom. The zero-order chi connectivity index (χ0) is 15.2. The first-order valence-electron chi connectivity index (χ1n) is 6.58. The smallest absolute Gasteiger partial charge is 0.374 e. The Morgan fingerprint density at radius 3 is 2.81 bits per heavy atom. The Bertz CT molecular complexity index is 719. The molecule has 0 atom stereocenters. The molecule has 21 heavy (non-hydrogen) atoms. The first kappa shape index (κ1) is 14.8. The van der Waals surface area contributed by atoms with Crippen LogP contribution < -0.4 is 10.7 Å². The first-order valence-corrected chi connectivity index (χ1v) is 6.58. The van der Waals surface area contributed by atoms with Crippen LogP contribution in [0.2, 0.25) is 0 Å². The number of carbonyl (C=O) groups excluding carboxylic acids is 2. The quantitative estimate of drug-likeness (QED) is 0.842. The molecule has 0 spiro atoms. The topological polar surface area (TPSA) is 85.6 Å². The molecule has 0 radical (unpaired) electrons. The van der Waals surface area contributed by atoms with Gasteiger partial charge in [0.25, 0.3) is 5.91 Å². The summed E-state index contributed by atoms with van der Waals surface area (Å²) in [6.45, 7) is 2.02. The minimum atomic E-state index is -0.843. The normalized spacial score (nSPS) is 10.3. The lowest BCUT2D eigenvalue weighted by Gasteiger charge is -2.05. The van der Waals surface area contributed by atoms with Crippen molar-refractivity contribution in [2.24, 2.45) is 0 Å². The number of benzene rings is 1. The molecule has 0 aliphatic carbocycles. The predicted molar refractivity (Wildman–Crippen MR) is 76.1 cm³/mol. The van der Waals surface area contributed by atoms with E-state index in [1.54, 1.807) is 24.3 Å². The van der Waals surface area contributed by atoms with Crippen LogP contribution in [0.3, 0.4) is 0 Å². The molecule has 0 bridgehead atoms. The number of para-hydroxylation sites is 1. The van der Waals surface area contributed by atoms with Gasteiger partial charge in [-0.15, -0.1) is 0 Å². The van der Waals surface area contributed by atoms with Gasteiger partial charge in [0, 0.05) is 12.6 Å². The molecule has 1 amide bonds. The third-order valence-corrected chi connectivity index (χ3v) is 2.74. The maximum atomic E-state index is 11.8. The van der Waals surface area contributed by atoms with Crippen molar-refractivity contribution in [1.82, 2.24) is 5.32 Å². The largest absolute Gasteiger partial charge is 0.450 e. The van der Waals surface area contributed by atoms with Crippen LogP contribution >= 0.6 is 0 Å². The van der Waals surface area contributed by atoms with Gasteiger partial charge in [0.1, 0.15) is 5.58 Å². The van der Waals surface area contributed by atoms with Gasteiger partial charge in [-0.2, -0.15) is 0 Å². The van der Waals surface area contributed by atoms with Crippen molar-refractivity contribution in [1.29, 1.82) is 0 Å². The summed E-state index contributed by atoms with van der Waals surface area (Å²) in [5, 5.41) is 2.96. The van der Waals surface area contributed by atoms with Crippen molar-refractivity contribution in [2.45, 2.75) is 13.3 Å². The number of carbonyl (C=O) groups is 2. The maximum Gasteiger partial charge on any atom is 0.374 e. The predicted octanol–water partition coefficient (Wildman–Crippen LogP) is 1.48. The van der Waals surface area contributed by atoms with Crippen molar-refractivity contribution in [3.63, 3.8) is 0 Å². The van der Waals surface area contributed by atoms with Gasteiger partial charge in [-0.25, -0.2) is 4.79 Å². The molecule has 0 aliphatic rings. The second-order valence-corrected chi connectivity index (χ2v) is 4.40. The van der Waals surface area contributed by atoms with E-state index in [0.717, 1.165) is 12.5 Å². The second kappa shape index (κ2) is 6.69. The van der Waals surface area contributed by atoms with E-state index in [0.29, 0.717) is 17.5 Å². The van der Waals surface area contributed by atoms with Gasteiger partial charge in [0.15, 0.2) is 12.0 Å². The Kier molecular flexibility index (Phi) is 4.71. The standard InChI is InChI=1S/C15H15NO5/c1-2-7-16-14(18)9-20-15(19)13-8-11(17)10-5-3-4-6-12(10)21-13/h3-6,8H,2,7,9H2,1H3,(H,16,18). The number of nitrogens with one attached hydrogen (secondary N) is 1. The highest BCUT2D eigenvalue weighted by Crippen LogP contribution is 2.12. The SMILES string of the molecule is CCCNC(=O)COC(=O)c1cc(=O)c2ccccc2o1. The average molecular weight is 289 g/mol. The molecule has 6 heteroatoms. The molecular weight excluding hydrogens is 274 g/mol. The van der Waals surface area contributed by atoms with Crippen LogP contribution in [-0.2, 0) is 9.53 Å². The van der Waals surface area contributed by atoms with Crippen LogP contribution in [0, 0.1) is 0 Å². The number of ether oxygens (including phenoxy) is 1. The molecule has 0 fully saturated rings. The van der Waals surface area contributed by atoms with E-state index in [1.807, 2.05) is 6.92 Å². The number of rotatable bonds is 5. The summed E-state index contributed by atoms with van der Waals surface area (Å²) in [6, 6.07) is 7.65. The second-order valence-electron chi connectivity index (χ2n) is 4.40. The number of hydrogen-bond donors (Lipinski definition) is 1. The Labute approximate surface area is 120 Å². The summed E-state index contributed by atoms with van der Waals surface area (Å²) in [7, 11) is 0. The van der Waals surface area contributed by atoms with E-state index in [9.17, 15) is 14.4 Å². The van der Waals surface area contributed by atoms with Crippen LogP contribution in [0.5, 0.6) is 0 Å². The van der Waals surface area contributed by atoms with Crippen molar-refractivity contribution in [3.8, 4) is 0 Å². The maximum absolute atomic E-state index is 11.8. The van der Waals surface area contributed by atoms with E-state index in [1.165, 1.54) is 0 Å². The fraction of sp³-hybridized carbons (Fsp3) is 0.267. The Morgan fingerprint density at radius 1 is 1.29 bits per heavy atom. The molecule has 1 heterocycles. The van der Waals surface area contributed by atoms with Crippen molar-refractivity contribution < 1.29 is 18.7 Å². The molecule has 0 saturated heterocycles. The summed E-state index contributed by atoms with van der Waals surface area (Å²) in [5.74, 6) is -1.46. The van der Waals surface area contributed by atoms with Gasteiger partial charge in [0.05, 0.1) is 5.39 Å². The summed E-state index contributed by atoms with van der Waals surface area (Å²) in [6.07, 6.45) is 0.791. The molecule has 1 N–H and O–H groups in total. The minimum absolute atomic E-state index is 0.220. The number of esters is 1. The summed E-state index contributed by atoms with van der Waals surface area (Å²) < 4.78 is 10.1. The van der Waals surface area contributed by atoms with Crippen LogP contribution in [0.4, 0.5) is 0 Å². The molecular formula is C15H15NO5. The average Bonchev–Trinajstić information content (AvgIpc) is 2.50. The third kappa shape index (κ3) is 3.68.